The SMILES string of the molecule is Cc1occc1C(=O)NCC1COCCN1. The van der Waals surface area contributed by atoms with Crippen LogP contribution in [0.3, 0.4) is 0 Å². The van der Waals surface area contributed by atoms with Gasteiger partial charge in [-0.25, -0.2) is 0 Å². The van der Waals surface area contributed by atoms with Crippen molar-refractivity contribution < 1.29 is 13.9 Å². The van der Waals surface area contributed by atoms with Gasteiger partial charge in [0.1, 0.15) is 5.76 Å². The van der Waals surface area contributed by atoms with Gasteiger partial charge in [-0.15, -0.1) is 0 Å². The molecule has 1 aliphatic rings. The summed E-state index contributed by atoms with van der Waals surface area (Å²) in [6, 6.07) is 1.88. The van der Waals surface area contributed by atoms with E-state index in [-0.39, 0.29) is 11.9 Å². The van der Waals surface area contributed by atoms with Crippen LogP contribution in [0.15, 0.2) is 16.7 Å². The number of hydrogen-bond donors (Lipinski definition) is 2. The average Bonchev–Trinajstić information content (AvgIpc) is 2.74. The molecular weight excluding hydrogens is 208 g/mol. The molecule has 0 aromatic carbocycles. The summed E-state index contributed by atoms with van der Waals surface area (Å²) in [5.74, 6) is 0.545. The fourth-order valence-corrected chi connectivity index (χ4v) is 1.68. The van der Waals surface area contributed by atoms with Crippen molar-refractivity contribution in [1.29, 1.82) is 0 Å². The van der Waals surface area contributed by atoms with Crippen molar-refractivity contribution in [2.75, 3.05) is 26.3 Å². The Kier molecular flexibility index (Phi) is 3.58. The zero-order valence-corrected chi connectivity index (χ0v) is 9.29. The number of hydrogen-bond acceptors (Lipinski definition) is 4. The lowest BCUT2D eigenvalue weighted by molar-refractivity contribution is 0.0734. The van der Waals surface area contributed by atoms with Crippen LogP contribution in [0, 0.1) is 6.92 Å². The highest BCUT2D eigenvalue weighted by Gasteiger charge is 2.16. The largest absolute Gasteiger partial charge is 0.469 e. The Labute approximate surface area is 94.1 Å². The van der Waals surface area contributed by atoms with Gasteiger partial charge < -0.3 is 19.8 Å². The summed E-state index contributed by atoms with van der Waals surface area (Å²) in [6.07, 6.45) is 1.52. The summed E-state index contributed by atoms with van der Waals surface area (Å²) >= 11 is 0. The third-order valence-electron chi connectivity index (χ3n) is 2.61. The van der Waals surface area contributed by atoms with Crippen LogP contribution in [0.1, 0.15) is 16.1 Å². The molecule has 1 fully saturated rings. The molecule has 0 saturated carbocycles. The van der Waals surface area contributed by atoms with Crippen LogP contribution in [0.2, 0.25) is 0 Å². The molecule has 0 bridgehead atoms. The topological polar surface area (TPSA) is 63.5 Å². The van der Waals surface area contributed by atoms with E-state index < -0.39 is 0 Å². The molecule has 16 heavy (non-hydrogen) atoms. The van der Waals surface area contributed by atoms with Crippen molar-refractivity contribution in [3.8, 4) is 0 Å². The molecule has 1 unspecified atom stereocenters. The van der Waals surface area contributed by atoms with Gasteiger partial charge in [0.2, 0.25) is 0 Å². The Morgan fingerprint density at radius 2 is 2.56 bits per heavy atom. The van der Waals surface area contributed by atoms with E-state index in [2.05, 4.69) is 10.6 Å². The number of carbonyl (C=O) groups is 1. The standard InChI is InChI=1S/C11H16N2O3/c1-8-10(2-4-16-8)11(14)13-6-9-7-15-5-3-12-9/h2,4,9,12H,3,5-7H2,1H3,(H,13,14). The fraction of sp³-hybridized carbons (Fsp3) is 0.545. The first kappa shape index (κ1) is 11.2. The van der Waals surface area contributed by atoms with E-state index in [1.807, 2.05) is 0 Å². The zero-order valence-electron chi connectivity index (χ0n) is 9.29. The Morgan fingerprint density at radius 3 is 3.19 bits per heavy atom. The lowest BCUT2D eigenvalue weighted by atomic mass is 10.2. The van der Waals surface area contributed by atoms with Crippen molar-refractivity contribution in [3.05, 3.63) is 23.7 Å². The van der Waals surface area contributed by atoms with E-state index in [4.69, 9.17) is 9.15 Å². The molecule has 1 atom stereocenters. The van der Waals surface area contributed by atoms with E-state index in [0.29, 0.717) is 24.5 Å². The lowest BCUT2D eigenvalue weighted by Gasteiger charge is -2.23. The number of nitrogens with one attached hydrogen (secondary N) is 2. The van der Waals surface area contributed by atoms with Crippen LogP contribution in [-0.2, 0) is 4.74 Å². The Balaban J connectivity index is 1.81. The van der Waals surface area contributed by atoms with Crippen molar-refractivity contribution in [2.45, 2.75) is 13.0 Å². The molecule has 2 rings (SSSR count). The van der Waals surface area contributed by atoms with Crippen LogP contribution >= 0.6 is 0 Å². The van der Waals surface area contributed by atoms with Crippen molar-refractivity contribution >= 4 is 5.91 Å². The van der Waals surface area contributed by atoms with E-state index in [1.165, 1.54) is 6.26 Å². The highest BCUT2D eigenvalue weighted by molar-refractivity contribution is 5.95. The smallest absolute Gasteiger partial charge is 0.254 e. The van der Waals surface area contributed by atoms with Crippen LogP contribution in [0.5, 0.6) is 0 Å². The lowest BCUT2D eigenvalue weighted by Crippen LogP contribution is -2.48. The molecule has 0 radical (unpaired) electrons. The van der Waals surface area contributed by atoms with Crippen LogP contribution in [0.4, 0.5) is 0 Å². The number of amides is 1. The second-order valence-corrected chi connectivity index (χ2v) is 3.83. The molecule has 5 heteroatoms. The van der Waals surface area contributed by atoms with Gasteiger partial charge in [-0.2, -0.15) is 0 Å². The number of aryl methyl sites for hydroxylation is 1. The predicted octanol–water partition coefficient (Wildman–Crippen LogP) is 0.306. The van der Waals surface area contributed by atoms with Crippen molar-refractivity contribution in [1.82, 2.24) is 10.6 Å². The van der Waals surface area contributed by atoms with Crippen molar-refractivity contribution in [2.24, 2.45) is 0 Å². The number of morpholine rings is 1. The molecule has 5 nitrogen and oxygen atoms in total. The van der Waals surface area contributed by atoms with E-state index in [9.17, 15) is 4.79 Å². The minimum Gasteiger partial charge on any atom is -0.469 e. The Hall–Kier alpha value is -1.33. The number of carbonyl (C=O) groups excluding carboxylic acids is 1. The van der Waals surface area contributed by atoms with Gasteiger partial charge in [0.05, 0.1) is 25.0 Å². The summed E-state index contributed by atoms with van der Waals surface area (Å²) < 4.78 is 10.4. The predicted molar refractivity (Wildman–Crippen MR) is 58.4 cm³/mol. The van der Waals surface area contributed by atoms with Crippen LogP contribution in [0.25, 0.3) is 0 Å². The molecule has 1 aromatic rings. The molecular formula is C11H16N2O3. The summed E-state index contributed by atoms with van der Waals surface area (Å²) in [7, 11) is 0. The first-order valence-electron chi connectivity index (χ1n) is 5.41. The highest BCUT2D eigenvalue weighted by Crippen LogP contribution is 2.08. The summed E-state index contributed by atoms with van der Waals surface area (Å²) in [6.45, 7) is 4.57. The summed E-state index contributed by atoms with van der Waals surface area (Å²) in [5, 5.41) is 6.13. The molecule has 1 aliphatic heterocycles. The van der Waals surface area contributed by atoms with Crippen molar-refractivity contribution in [3.63, 3.8) is 0 Å². The maximum Gasteiger partial charge on any atom is 0.254 e. The minimum atomic E-state index is -0.0985. The first-order chi connectivity index (χ1) is 7.77. The molecule has 0 spiro atoms. The summed E-state index contributed by atoms with van der Waals surface area (Å²) in [5.41, 5.74) is 0.594. The van der Waals surface area contributed by atoms with Gasteiger partial charge in [0.15, 0.2) is 0 Å². The molecule has 1 amide bonds. The average molecular weight is 224 g/mol. The van der Waals surface area contributed by atoms with Gasteiger partial charge in [-0.1, -0.05) is 0 Å². The molecule has 1 aromatic heterocycles. The molecule has 88 valence electrons. The molecule has 2 N–H and O–H groups in total. The molecule has 0 aliphatic carbocycles. The first-order valence-corrected chi connectivity index (χ1v) is 5.41. The van der Waals surface area contributed by atoms with Gasteiger partial charge in [-0.05, 0) is 13.0 Å². The maximum atomic E-state index is 11.7. The van der Waals surface area contributed by atoms with E-state index in [1.54, 1.807) is 13.0 Å². The van der Waals surface area contributed by atoms with Gasteiger partial charge in [-0.3, -0.25) is 4.79 Å². The van der Waals surface area contributed by atoms with E-state index >= 15 is 0 Å². The van der Waals surface area contributed by atoms with Gasteiger partial charge in [0, 0.05) is 19.1 Å². The Morgan fingerprint density at radius 1 is 1.69 bits per heavy atom. The monoisotopic (exact) mass is 224 g/mol. The number of ether oxygens (including phenoxy) is 1. The van der Waals surface area contributed by atoms with Crippen LogP contribution < -0.4 is 10.6 Å². The second-order valence-electron chi connectivity index (χ2n) is 3.83. The number of rotatable bonds is 3. The summed E-state index contributed by atoms with van der Waals surface area (Å²) in [4.78, 5) is 11.7. The van der Waals surface area contributed by atoms with Gasteiger partial charge in [0.25, 0.3) is 5.91 Å². The van der Waals surface area contributed by atoms with E-state index in [0.717, 1.165) is 13.2 Å². The fourth-order valence-electron chi connectivity index (χ4n) is 1.68. The van der Waals surface area contributed by atoms with Gasteiger partial charge >= 0.3 is 0 Å². The second kappa shape index (κ2) is 5.14. The highest BCUT2D eigenvalue weighted by atomic mass is 16.5. The quantitative estimate of drug-likeness (QED) is 0.775. The zero-order chi connectivity index (χ0) is 11.4. The Bertz CT molecular complexity index is 356. The molecule has 2 heterocycles. The number of furan rings is 1. The maximum absolute atomic E-state index is 11.7. The molecule has 1 saturated heterocycles. The van der Waals surface area contributed by atoms with Crippen LogP contribution in [-0.4, -0.2) is 38.3 Å². The minimum absolute atomic E-state index is 0.0985. The third-order valence-corrected chi connectivity index (χ3v) is 2.61. The normalized spacial score (nSPS) is 20.7. The third kappa shape index (κ3) is 2.62.